The lowest BCUT2D eigenvalue weighted by atomic mass is 9.96. The van der Waals surface area contributed by atoms with Crippen LogP contribution in [0.1, 0.15) is 39.5 Å². The minimum atomic E-state index is -3.91. The molecular formula is C20H28N2O6S. The number of carbonyl (C=O) groups is 3. The van der Waals surface area contributed by atoms with Gasteiger partial charge in [-0.05, 0) is 37.3 Å². The Kier molecular flexibility index (Phi) is 8.48. The summed E-state index contributed by atoms with van der Waals surface area (Å²) < 4.78 is 33.2. The second-order valence-corrected chi connectivity index (χ2v) is 9.19. The van der Waals surface area contributed by atoms with Gasteiger partial charge in [-0.3, -0.25) is 14.4 Å². The van der Waals surface area contributed by atoms with E-state index < -0.39 is 39.6 Å². The van der Waals surface area contributed by atoms with Crippen molar-refractivity contribution >= 4 is 27.5 Å². The van der Waals surface area contributed by atoms with E-state index in [0.29, 0.717) is 19.4 Å². The minimum Gasteiger partial charge on any atom is -0.369 e. The third-order valence-corrected chi connectivity index (χ3v) is 6.01. The molecule has 0 saturated carbocycles. The number of rotatable bonds is 8. The number of hydrogen-bond acceptors (Lipinski definition) is 6. The largest absolute Gasteiger partial charge is 0.369 e. The molecule has 1 heterocycles. The second-order valence-electron chi connectivity index (χ2n) is 7.47. The summed E-state index contributed by atoms with van der Waals surface area (Å²) in [4.78, 5) is 37.2. The van der Waals surface area contributed by atoms with Gasteiger partial charge < -0.3 is 10.1 Å². The zero-order valence-electron chi connectivity index (χ0n) is 16.7. The molecule has 0 spiro atoms. The van der Waals surface area contributed by atoms with Crippen molar-refractivity contribution in [1.82, 2.24) is 10.0 Å². The number of amides is 1. The number of Topliss-reactive ketones (excluding diaryl/α,β-unsaturated/α-hetero) is 2. The molecule has 1 saturated heterocycles. The number of nitrogens with one attached hydrogen (secondary N) is 2. The van der Waals surface area contributed by atoms with Crippen LogP contribution in [0.2, 0.25) is 0 Å². The smallest absolute Gasteiger partial charge is 0.290 e. The zero-order chi connectivity index (χ0) is 21.4. The summed E-state index contributed by atoms with van der Waals surface area (Å²) in [6.45, 7) is 4.36. The van der Waals surface area contributed by atoms with Gasteiger partial charge in [-0.2, -0.15) is 0 Å². The summed E-state index contributed by atoms with van der Waals surface area (Å²) in [5, 5.41) is 2.51. The highest BCUT2D eigenvalue weighted by Crippen LogP contribution is 2.16. The Morgan fingerprint density at radius 2 is 1.90 bits per heavy atom. The van der Waals surface area contributed by atoms with Crippen LogP contribution in [0.15, 0.2) is 35.2 Å². The van der Waals surface area contributed by atoms with E-state index in [1.165, 1.54) is 12.1 Å². The summed E-state index contributed by atoms with van der Waals surface area (Å²) in [5.74, 6) is -2.05. The third-order valence-electron chi connectivity index (χ3n) is 4.53. The first-order valence-corrected chi connectivity index (χ1v) is 11.2. The molecule has 1 fully saturated rings. The van der Waals surface area contributed by atoms with E-state index in [4.69, 9.17) is 4.74 Å². The molecule has 1 aromatic rings. The molecule has 2 unspecified atom stereocenters. The maximum Gasteiger partial charge on any atom is 0.290 e. The van der Waals surface area contributed by atoms with Crippen molar-refractivity contribution in [1.29, 1.82) is 0 Å². The number of hydrogen-bond donors (Lipinski definition) is 2. The molecule has 0 aliphatic carbocycles. The number of benzene rings is 1. The quantitative estimate of drug-likeness (QED) is 0.606. The average molecular weight is 425 g/mol. The van der Waals surface area contributed by atoms with Gasteiger partial charge in [0.25, 0.3) is 5.91 Å². The van der Waals surface area contributed by atoms with Gasteiger partial charge in [-0.15, -0.1) is 0 Å². The van der Waals surface area contributed by atoms with E-state index in [1.807, 2.05) is 13.8 Å². The van der Waals surface area contributed by atoms with Crippen LogP contribution in [0.4, 0.5) is 0 Å². The van der Waals surface area contributed by atoms with Gasteiger partial charge in [0, 0.05) is 19.6 Å². The predicted octanol–water partition coefficient (Wildman–Crippen LogP) is 1.20. The Morgan fingerprint density at radius 3 is 2.55 bits per heavy atom. The normalized spacial score (nSPS) is 19.8. The second kappa shape index (κ2) is 10.6. The van der Waals surface area contributed by atoms with Crippen LogP contribution in [0, 0.1) is 5.92 Å². The van der Waals surface area contributed by atoms with E-state index in [9.17, 15) is 22.8 Å². The maximum atomic E-state index is 12.9. The number of carbonyl (C=O) groups excluding carboxylic acids is 3. The number of ketones is 2. The molecule has 1 aliphatic heterocycles. The van der Waals surface area contributed by atoms with Crippen LogP contribution >= 0.6 is 0 Å². The van der Waals surface area contributed by atoms with Gasteiger partial charge in [0.2, 0.25) is 15.8 Å². The number of sulfonamides is 1. The van der Waals surface area contributed by atoms with Gasteiger partial charge in [0.05, 0.1) is 10.9 Å². The Labute approximate surface area is 171 Å². The first-order valence-electron chi connectivity index (χ1n) is 9.74. The summed E-state index contributed by atoms with van der Waals surface area (Å²) in [6, 6.07) is 6.74. The van der Waals surface area contributed by atoms with E-state index in [-0.39, 0.29) is 30.3 Å². The van der Waals surface area contributed by atoms with Gasteiger partial charge in [0.1, 0.15) is 6.10 Å². The van der Waals surface area contributed by atoms with Crippen molar-refractivity contribution in [3.05, 3.63) is 30.3 Å². The molecule has 1 aromatic carbocycles. The summed E-state index contributed by atoms with van der Waals surface area (Å²) in [6.07, 6.45) is 0.0104. The van der Waals surface area contributed by atoms with Crippen molar-refractivity contribution in [2.45, 2.75) is 56.6 Å². The molecular weight excluding hydrogens is 396 g/mol. The zero-order valence-corrected chi connectivity index (χ0v) is 17.5. The third kappa shape index (κ3) is 7.02. The van der Waals surface area contributed by atoms with Crippen molar-refractivity contribution in [2.75, 3.05) is 13.2 Å². The molecule has 0 aromatic heterocycles. The molecule has 8 nitrogen and oxygen atoms in total. The van der Waals surface area contributed by atoms with Crippen molar-refractivity contribution < 1.29 is 27.5 Å². The molecule has 1 amide bonds. The van der Waals surface area contributed by atoms with Crippen LogP contribution < -0.4 is 10.0 Å². The molecule has 2 rings (SSSR count). The Morgan fingerprint density at radius 1 is 1.21 bits per heavy atom. The van der Waals surface area contributed by atoms with E-state index >= 15 is 0 Å². The Hall–Kier alpha value is -2.10. The highest BCUT2D eigenvalue weighted by Gasteiger charge is 2.33. The molecule has 0 bridgehead atoms. The lowest BCUT2D eigenvalue weighted by molar-refractivity contribution is -0.146. The standard InChI is InChI=1S/C20H28N2O6S/c1-14(2)12-16(22-29(26,27)15-8-4-3-5-9-15)17(23)13-18-19(24)20(25)21-10-6-7-11-28-18/h3-5,8-9,14,16,18,22H,6-7,10-13H2,1-2H3,(H,21,25). The molecule has 9 heteroatoms. The van der Waals surface area contributed by atoms with Crippen LogP contribution in [0.25, 0.3) is 0 Å². The van der Waals surface area contributed by atoms with Gasteiger partial charge in [-0.1, -0.05) is 32.0 Å². The maximum absolute atomic E-state index is 12.9. The molecule has 1 aliphatic rings. The van der Waals surface area contributed by atoms with Crippen molar-refractivity contribution in [3.63, 3.8) is 0 Å². The Balaban J connectivity index is 2.17. The van der Waals surface area contributed by atoms with Gasteiger partial charge >= 0.3 is 0 Å². The van der Waals surface area contributed by atoms with Crippen molar-refractivity contribution in [2.24, 2.45) is 5.92 Å². The SMILES string of the molecule is CC(C)CC(NS(=O)(=O)c1ccccc1)C(=O)CC1OCCCCNC(=O)C1=O. The number of ether oxygens (including phenoxy) is 1. The van der Waals surface area contributed by atoms with E-state index in [2.05, 4.69) is 10.0 Å². The van der Waals surface area contributed by atoms with Crippen LogP contribution in [-0.4, -0.2) is 51.2 Å². The monoisotopic (exact) mass is 424 g/mol. The predicted molar refractivity (Wildman–Crippen MR) is 107 cm³/mol. The van der Waals surface area contributed by atoms with E-state index in [0.717, 1.165) is 0 Å². The summed E-state index contributed by atoms with van der Waals surface area (Å²) in [7, 11) is -3.91. The highest BCUT2D eigenvalue weighted by atomic mass is 32.2. The van der Waals surface area contributed by atoms with Crippen LogP contribution in [-0.2, 0) is 29.1 Å². The molecule has 0 radical (unpaired) electrons. The molecule has 29 heavy (non-hydrogen) atoms. The first-order chi connectivity index (χ1) is 13.7. The highest BCUT2D eigenvalue weighted by molar-refractivity contribution is 7.89. The molecule has 160 valence electrons. The fourth-order valence-corrected chi connectivity index (χ4v) is 4.27. The Bertz CT molecular complexity index is 823. The fraction of sp³-hybridized carbons (Fsp3) is 0.550. The fourth-order valence-electron chi connectivity index (χ4n) is 3.01. The van der Waals surface area contributed by atoms with Gasteiger partial charge in [0.15, 0.2) is 5.78 Å². The topological polar surface area (TPSA) is 119 Å². The minimum absolute atomic E-state index is 0.0304. The van der Waals surface area contributed by atoms with Gasteiger partial charge in [-0.25, -0.2) is 13.1 Å². The molecule has 2 N–H and O–H groups in total. The van der Waals surface area contributed by atoms with Crippen LogP contribution in [0.3, 0.4) is 0 Å². The lowest BCUT2D eigenvalue weighted by Crippen LogP contribution is -2.45. The van der Waals surface area contributed by atoms with E-state index in [1.54, 1.807) is 18.2 Å². The average Bonchev–Trinajstić information content (AvgIpc) is 2.74. The summed E-state index contributed by atoms with van der Waals surface area (Å²) in [5.41, 5.74) is 0. The van der Waals surface area contributed by atoms with Crippen molar-refractivity contribution in [3.8, 4) is 0 Å². The lowest BCUT2D eigenvalue weighted by Gasteiger charge is -2.22. The molecule has 2 atom stereocenters. The summed E-state index contributed by atoms with van der Waals surface area (Å²) >= 11 is 0. The first kappa shape index (κ1) is 23.2. The van der Waals surface area contributed by atoms with Crippen LogP contribution in [0.5, 0.6) is 0 Å².